The summed E-state index contributed by atoms with van der Waals surface area (Å²) in [5, 5.41) is 10.3. The van der Waals surface area contributed by atoms with Crippen molar-refractivity contribution in [2.24, 2.45) is 0 Å². The molecular weight excluding hydrogens is 380 g/mol. The highest BCUT2D eigenvalue weighted by molar-refractivity contribution is 7.89. The Morgan fingerprint density at radius 2 is 1.82 bits per heavy atom. The van der Waals surface area contributed by atoms with E-state index in [2.05, 4.69) is 0 Å². The first-order valence-corrected chi connectivity index (χ1v) is 11.4. The molecular formula is C20H30N2O5S. The molecule has 1 heterocycles. The van der Waals surface area contributed by atoms with Crippen LogP contribution in [0, 0.1) is 0 Å². The Morgan fingerprint density at radius 1 is 1.14 bits per heavy atom. The molecule has 1 aromatic rings. The van der Waals surface area contributed by atoms with E-state index in [1.165, 1.54) is 36.7 Å². The van der Waals surface area contributed by atoms with Gasteiger partial charge in [0.05, 0.1) is 29.7 Å². The van der Waals surface area contributed by atoms with Crippen molar-refractivity contribution < 1.29 is 23.1 Å². The number of methoxy groups -OCH3 is 1. The van der Waals surface area contributed by atoms with Gasteiger partial charge in [-0.05, 0) is 50.3 Å². The van der Waals surface area contributed by atoms with Gasteiger partial charge in [-0.25, -0.2) is 8.42 Å². The zero-order valence-electron chi connectivity index (χ0n) is 16.6. The summed E-state index contributed by atoms with van der Waals surface area (Å²) < 4.78 is 32.9. The number of hydrogen-bond donors (Lipinski definition) is 1. The molecule has 0 radical (unpaired) electrons. The van der Waals surface area contributed by atoms with Crippen LogP contribution in [0.15, 0.2) is 23.1 Å². The second-order valence-corrected chi connectivity index (χ2v) is 9.65. The van der Waals surface area contributed by atoms with Gasteiger partial charge in [-0.2, -0.15) is 4.31 Å². The van der Waals surface area contributed by atoms with E-state index >= 15 is 0 Å². The molecule has 2 atom stereocenters. The molecule has 3 rings (SSSR count). The lowest BCUT2D eigenvalue weighted by atomic mass is 9.93. The summed E-state index contributed by atoms with van der Waals surface area (Å²) in [6, 6.07) is 3.97. The van der Waals surface area contributed by atoms with Crippen LogP contribution in [0.1, 0.15) is 55.3 Å². The number of aliphatic hydroxyl groups excluding tert-OH is 1. The molecule has 0 bridgehead atoms. The van der Waals surface area contributed by atoms with Crippen LogP contribution in [0.2, 0.25) is 0 Å². The van der Waals surface area contributed by atoms with Gasteiger partial charge in [0, 0.05) is 20.1 Å². The first kappa shape index (κ1) is 21.1. The van der Waals surface area contributed by atoms with Crippen LogP contribution < -0.4 is 4.74 Å². The van der Waals surface area contributed by atoms with E-state index in [1.807, 2.05) is 0 Å². The molecule has 1 saturated heterocycles. The molecule has 1 aliphatic heterocycles. The molecule has 2 aliphatic rings. The Hall–Kier alpha value is -1.64. The number of benzene rings is 1. The van der Waals surface area contributed by atoms with Crippen LogP contribution >= 0.6 is 0 Å². The maximum absolute atomic E-state index is 13.2. The summed E-state index contributed by atoms with van der Waals surface area (Å²) in [5.41, 5.74) is 0.267. The molecule has 0 aromatic heterocycles. The van der Waals surface area contributed by atoms with Crippen molar-refractivity contribution in [3.05, 3.63) is 23.8 Å². The molecule has 28 heavy (non-hydrogen) atoms. The molecule has 8 heteroatoms. The summed E-state index contributed by atoms with van der Waals surface area (Å²) in [6.45, 7) is 1.35. The van der Waals surface area contributed by atoms with E-state index in [0.29, 0.717) is 31.7 Å². The lowest BCUT2D eigenvalue weighted by Gasteiger charge is -2.34. The number of carbonyl (C=O) groups is 1. The summed E-state index contributed by atoms with van der Waals surface area (Å²) in [5.74, 6) is 0.170. The molecule has 2 unspecified atom stereocenters. The second kappa shape index (κ2) is 8.80. The lowest BCUT2D eigenvalue weighted by molar-refractivity contribution is 0.0637. The first-order valence-electron chi connectivity index (χ1n) is 9.99. The van der Waals surface area contributed by atoms with E-state index < -0.39 is 22.2 Å². The molecule has 1 N–H and O–H groups in total. The van der Waals surface area contributed by atoms with Crippen molar-refractivity contribution >= 4 is 15.9 Å². The summed E-state index contributed by atoms with van der Waals surface area (Å²) in [4.78, 5) is 14.8. The van der Waals surface area contributed by atoms with Crippen LogP contribution in [0.4, 0.5) is 0 Å². The number of piperidine rings is 1. The highest BCUT2D eigenvalue weighted by atomic mass is 32.2. The fourth-order valence-electron chi connectivity index (χ4n) is 4.14. The Labute approximate surface area is 167 Å². The Bertz CT molecular complexity index is 805. The molecule has 1 aromatic carbocycles. The van der Waals surface area contributed by atoms with Gasteiger partial charge < -0.3 is 14.7 Å². The van der Waals surface area contributed by atoms with Gasteiger partial charge in [0.1, 0.15) is 5.75 Å². The number of nitrogens with zero attached hydrogens (tertiary/aromatic N) is 2. The summed E-state index contributed by atoms with van der Waals surface area (Å²) in [6.07, 6.45) is 5.37. The van der Waals surface area contributed by atoms with Gasteiger partial charge in [0.15, 0.2) is 0 Å². The maximum atomic E-state index is 13.2. The molecule has 156 valence electrons. The predicted octanol–water partition coefficient (Wildman–Crippen LogP) is 2.25. The van der Waals surface area contributed by atoms with Gasteiger partial charge in [0.25, 0.3) is 5.91 Å². The third kappa shape index (κ3) is 4.18. The number of ether oxygens (including phenoxy) is 1. The Morgan fingerprint density at radius 3 is 2.46 bits per heavy atom. The van der Waals surface area contributed by atoms with Gasteiger partial charge in [-0.1, -0.05) is 12.8 Å². The number of rotatable bonds is 5. The second-order valence-electron chi connectivity index (χ2n) is 7.66. The minimum absolute atomic E-state index is 0.0499. The number of likely N-dealkylation sites (tertiary alicyclic amines) is 1. The molecule has 1 saturated carbocycles. The fraction of sp³-hybridized carbons (Fsp3) is 0.650. The maximum Gasteiger partial charge on any atom is 0.257 e. The van der Waals surface area contributed by atoms with Crippen LogP contribution in [0.5, 0.6) is 5.75 Å². The fourth-order valence-corrected chi connectivity index (χ4v) is 5.58. The average molecular weight is 411 g/mol. The zero-order valence-corrected chi connectivity index (χ0v) is 17.5. The number of carbonyl (C=O) groups excluding carboxylic acids is 1. The van der Waals surface area contributed by atoms with Crippen LogP contribution in [0.25, 0.3) is 0 Å². The topological polar surface area (TPSA) is 87.1 Å². The number of amides is 1. The zero-order chi connectivity index (χ0) is 20.3. The smallest absolute Gasteiger partial charge is 0.257 e. The highest BCUT2D eigenvalue weighted by Gasteiger charge is 2.35. The van der Waals surface area contributed by atoms with Crippen molar-refractivity contribution in [1.29, 1.82) is 0 Å². The van der Waals surface area contributed by atoms with Gasteiger partial charge >= 0.3 is 0 Å². The molecule has 0 spiro atoms. The standard InChI is InChI=1S/C20H30N2O5S/c1-21(17-8-4-5-9-18(17)23)28(25,26)15-10-11-19(27-2)16(14-15)20(24)22-12-6-3-7-13-22/h10-11,14,17-18,23H,3-9,12-13H2,1-2H3. The lowest BCUT2D eigenvalue weighted by Crippen LogP contribution is -2.46. The monoisotopic (exact) mass is 410 g/mol. The van der Waals surface area contributed by atoms with Crippen molar-refractivity contribution in [2.45, 2.75) is 62.0 Å². The first-order chi connectivity index (χ1) is 13.4. The molecule has 1 aliphatic carbocycles. The van der Waals surface area contributed by atoms with E-state index in [1.54, 1.807) is 4.90 Å². The molecule has 2 fully saturated rings. The largest absolute Gasteiger partial charge is 0.496 e. The third-order valence-corrected chi connectivity index (χ3v) is 7.76. The van der Waals surface area contributed by atoms with E-state index in [0.717, 1.165) is 32.1 Å². The predicted molar refractivity (Wildman–Crippen MR) is 106 cm³/mol. The van der Waals surface area contributed by atoms with E-state index in [-0.39, 0.29) is 16.4 Å². The van der Waals surface area contributed by atoms with Crippen LogP contribution in [0.3, 0.4) is 0 Å². The number of hydrogen-bond acceptors (Lipinski definition) is 5. The highest BCUT2D eigenvalue weighted by Crippen LogP contribution is 2.30. The molecule has 1 amide bonds. The minimum Gasteiger partial charge on any atom is -0.496 e. The SMILES string of the molecule is COc1ccc(S(=O)(=O)N(C)C2CCCCC2O)cc1C(=O)N1CCCCC1. The van der Waals surface area contributed by atoms with Gasteiger partial charge in [-0.3, -0.25) is 4.79 Å². The third-order valence-electron chi connectivity index (χ3n) is 5.88. The van der Waals surface area contributed by atoms with Crippen molar-refractivity contribution in [2.75, 3.05) is 27.2 Å². The van der Waals surface area contributed by atoms with Crippen molar-refractivity contribution in [3.8, 4) is 5.75 Å². The minimum atomic E-state index is -3.84. The van der Waals surface area contributed by atoms with Crippen molar-refractivity contribution in [3.63, 3.8) is 0 Å². The quantitative estimate of drug-likeness (QED) is 0.804. The Balaban J connectivity index is 1.91. The van der Waals surface area contributed by atoms with E-state index in [9.17, 15) is 18.3 Å². The Kier molecular flexibility index (Phi) is 6.62. The summed E-state index contributed by atoms with van der Waals surface area (Å²) in [7, 11) is -0.858. The summed E-state index contributed by atoms with van der Waals surface area (Å²) >= 11 is 0. The number of sulfonamides is 1. The van der Waals surface area contributed by atoms with Crippen molar-refractivity contribution in [1.82, 2.24) is 9.21 Å². The van der Waals surface area contributed by atoms with Crippen LogP contribution in [-0.4, -0.2) is 68.0 Å². The molecule has 7 nitrogen and oxygen atoms in total. The number of aliphatic hydroxyl groups is 1. The average Bonchev–Trinajstić information content (AvgIpc) is 2.73. The van der Waals surface area contributed by atoms with Crippen LogP contribution in [-0.2, 0) is 10.0 Å². The van der Waals surface area contributed by atoms with E-state index in [4.69, 9.17) is 4.74 Å². The number of likely N-dealkylation sites (N-methyl/N-ethyl adjacent to an activating group) is 1. The van der Waals surface area contributed by atoms with Gasteiger partial charge in [-0.15, -0.1) is 0 Å². The normalized spacial score (nSPS) is 23.6. The van der Waals surface area contributed by atoms with Gasteiger partial charge in [0.2, 0.25) is 10.0 Å².